The summed E-state index contributed by atoms with van der Waals surface area (Å²) < 4.78 is 1.69. The summed E-state index contributed by atoms with van der Waals surface area (Å²) in [6.45, 7) is 6.42. The van der Waals surface area contributed by atoms with Crippen LogP contribution in [0.15, 0.2) is 79.3 Å². The highest BCUT2D eigenvalue weighted by molar-refractivity contribution is 5.99. The molecule has 45 heavy (non-hydrogen) atoms. The van der Waals surface area contributed by atoms with Crippen LogP contribution in [0.25, 0.3) is 28.3 Å². The second-order valence-corrected chi connectivity index (χ2v) is 12.0. The van der Waals surface area contributed by atoms with Crippen LogP contribution < -0.4 is 11.1 Å². The average molecular weight is 605 g/mol. The van der Waals surface area contributed by atoms with Gasteiger partial charge in [-0.3, -0.25) is 19.2 Å². The summed E-state index contributed by atoms with van der Waals surface area (Å²) in [4.78, 5) is 37.0. The number of likely N-dealkylation sites (tertiary alicyclic amines) is 1. The van der Waals surface area contributed by atoms with Gasteiger partial charge >= 0.3 is 0 Å². The van der Waals surface area contributed by atoms with E-state index in [1.165, 1.54) is 5.56 Å². The van der Waals surface area contributed by atoms with E-state index in [2.05, 4.69) is 68.6 Å². The molecule has 0 bridgehead atoms. The van der Waals surface area contributed by atoms with Crippen molar-refractivity contribution in [3.63, 3.8) is 0 Å². The maximum Gasteiger partial charge on any atom is 0.255 e. The molecule has 0 aliphatic carbocycles. The van der Waals surface area contributed by atoms with Gasteiger partial charge in [-0.2, -0.15) is 5.10 Å². The number of aromatic nitrogens is 3. The number of rotatable bonds is 8. The average Bonchev–Trinajstić information content (AvgIpc) is 3.71. The molecular weight excluding hydrogens is 564 g/mol. The first-order chi connectivity index (χ1) is 21.8. The number of benzene rings is 2. The molecule has 0 unspecified atom stereocenters. The number of carbonyl (C=O) groups excluding carboxylic acids is 2. The van der Waals surface area contributed by atoms with E-state index in [1.807, 2.05) is 31.5 Å². The van der Waals surface area contributed by atoms with Crippen molar-refractivity contribution < 1.29 is 9.59 Å². The van der Waals surface area contributed by atoms with Crippen molar-refractivity contribution in [1.29, 1.82) is 0 Å². The number of hydrogen-bond donors (Lipinski definition) is 2. The highest BCUT2D eigenvalue weighted by Gasteiger charge is 2.27. The van der Waals surface area contributed by atoms with Gasteiger partial charge in [-0.15, -0.1) is 0 Å². The first-order valence-electron chi connectivity index (χ1n) is 15.4. The van der Waals surface area contributed by atoms with Crippen molar-refractivity contribution in [3.05, 3.63) is 96.0 Å². The van der Waals surface area contributed by atoms with Crippen LogP contribution in [0.3, 0.4) is 0 Å². The number of nitrogen functional groups attached to an aromatic ring is 1. The van der Waals surface area contributed by atoms with Crippen LogP contribution in [0, 0.1) is 0 Å². The molecule has 1 atom stereocenters. The number of nitrogens with zero attached hydrogens (tertiary/aromatic N) is 6. The second-order valence-electron chi connectivity index (χ2n) is 12.0. The molecule has 0 radical (unpaired) electrons. The zero-order valence-electron chi connectivity index (χ0n) is 25.9. The van der Waals surface area contributed by atoms with Crippen LogP contribution in [0.2, 0.25) is 0 Å². The number of hydrogen-bond acceptors (Lipinski definition) is 7. The highest BCUT2D eigenvalue weighted by Crippen LogP contribution is 2.24. The molecule has 2 aromatic carbocycles. The van der Waals surface area contributed by atoms with E-state index in [9.17, 15) is 9.59 Å². The molecule has 0 saturated carbocycles. The monoisotopic (exact) mass is 604 g/mol. The Hall–Kier alpha value is -4.80. The highest BCUT2D eigenvalue weighted by atomic mass is 16.2. The molecule has 4 heterocycles. The number of piperazine rings is 1. The van der Waals surface area contributed by atoms with Crippen LogP contribution in [-0.4, -0.2) is 93.6 Å². The molecule has 232 valence electrons. The van der Waals surface area contributed by atoms with Gasteiger partial charge in [0, 0.05) is 88.5 Å². The van der Waals surface area contributed by atoms with E-state index in [0.717, 1.165) is 60.5 Å². The number of likely N-dealkylation sites (N-methyl/N-ethyl adjacent to an activating group) is 1. The third-order valence-corrected chi connectivity index (χ3v) is 8.63. The zero-order valence-corrected chi connectivity index (χ0v) is 25.9. The number of pyridine rings is 1. The fraction of sp³-hybridized carbons (Fsp3) is 0.314. The summed E-state index contributed by atoms with van der Waals surface area (Å²) in [6.07, 6.45) is 9.34. The van der Waals surface area contributed by atoms with Gasteiger partial charge in [-0.05, 0) is 53.9 Å². The van der Waals surface area contributed by atoms with Crippen molar-refractivity contribution in [1.82, 2.24) is 34.8 Å². The summed E-state index contributed by atoms with van der Waals surface area (Å²) in [5, 5.41) is 7.21. The molecular formula is C35H40N8O2. The summed E-state index contributed by atoms with van der Waals surface area (Å²) in [7, 11) is 4.01. The van der Waals surface area contributed by atoms with Crippen molar-refractivity contribution in [3.8, 4) is 22.3 Å². The van der Waals surface area contributed by atoms with Gasteiger partial charge < -0.3 is 20.9 Å². The molecule has 2 aliphatic rings. The second kappa shape index (κ2) is 13.5. The summed E-state index contributed by atoms with van der Waals surface area (Å²) >= 11 is 0. The van der Waals surface area contributed by atoms with E-state index in [-0.39, 0.29) is 23.7 Å². The number of nitrogens with two attached hydrogens (primary N) is 1. The topological polar surface area (TPSA) is 113 Å². The third-order valence-electron chi connectivity index (χ3n) is 8.63. The Morgan fingerprint density at radius 3 is 2.49 bits per heavy atom. The largest absolute Gasteiger partial charge is 0.383 e. The predicted octanol–water partition coefficient (Wildman–Crippen LogP) is 3.52. The first-order valence-corrected chi connectivity index (χ1v) is 15.4. The maximum absolute atomic E-state index is 13.1. The van der Waals surface area contributed by atoms with Crippen LogP contribution in [0.4, 0.5) is 5.82 Å². The molecule has 3 N–H and O–H groups in total. The molecule has 2 aromatic heterocycles. The van der Waals surface area contributed by atoms with Gasteiger partial charge in [0.2, 0.25) is 5.91 Å². The minimum atomic E-state index is -0.301. The van der Waals surface area contributed by atoms with E-state index in [4.69, 9.17) is 5.73 Å². The molecule has 2 fully saturated rings. The van der Waals surface area contributed by atoms with Gasteiger partial charge in [0.05, 0.1) is 11.8 Å². The zero-order chi connectivity index (χ0) is 31.3. The molecule has 2 amide bonds. The normalized spacial score (nSPS) is 17.6. The smallest absolute Gasteiger partial charge is 0.255 e. The molecule has 2 saturated heterocycles. The van der Waals surface area contributed by atoms with Crippen molar-refractivity contribution in [2.24, 2.45) is 7.05 Å². The van der Waals surface area contributed by atoms with Crippen molar-refractivity contribution in [2.75, 3.05) is 52.0 Å². The molecule has 10 nitrogen and oxygen atoms in total. The first kappa shape index (κ1) is 30.2. The number of aryl methyl sites for hydroxylation is 1. The number of carbonyl (C=O) groups is 2. The molecule has 2 aliphatic heterocycles. The molecule has 4 aromatic rings. The van der Waals surface area contributed by atoms with Crippen LogP contribution in [-0.2, 0) is 18.4 Å². The van der Waals surface area contributed by atoms with E-state index in [0.29, 0.717) is 25.1 Å². The lowest BCUT2D eigenvalue weighted by Crippen LogP contribution is -2.43. The lowest BCUT2D eigenvalue weighted by atomic mass is 10.0. The lowest BCUT2D eigenvalue weighted by Gasteiger charge is -2.32. The van der Waals surface area contributed by atoms with E-state index < -0.39 is 0 Å². The Balaban J connectivity index is 1.03. The van der Waals surface area contributed by atoms with Crippen molar-refractivity contribution >= 4 is 23.7 Å². The Morgan fingerprint density at radius 2 is 1.73 bits per heavy atom. The molecule has 10 heteroatoms. The van der Waals surface area contributed by atoms with E-state index in [1.54, 1.807) is 34.1 Å². The quantitative estimate of drug-likeness (QED) is 0.296. The minimum Gasteiger partial charge on any atom is -0.383 e. The molecule has 0 spiro atoms. The maximum atomic E-state index is 13.1. The van der Waals surface area contributed by atoms with Gasteiger partial charge in [-0.25, -0.2) is 4.98 Å². The van der Waals surface area contributed by atoms with Gasteiger partial charge in [0.15, 0.2) is 0 Å². The molecule has 6 rings (SSSR count). The number of amides is 2. The SMILES string of the molecule is CN1CCN(Cc2ccc(-c3cccc(/C=C/C(=O)N4CC[C@@H](NC(=O)c5cc(-c6cnn(C)c6)cnc5N)C4)c3)cc2)CC1. The predicted molar refractivity (Wildman–Crippen MR) is 177 cm³/mol. The van der Waals surface area contributed by atoms with Crippen molar-refractivity contribution in [2.45, 2.75) is 19.0 Å². The van der Waals surface area contributed by atoms with Crippen LogP contribution in [0.1, 0.15) is 27.9 Å². The Morgan fingerprint density at radius 1 is 0.933 bits per heavy atom. The lowest BCUT2D eigenvalue weighted by molar-refractivity contribution is -0.125. The Kier molecular flexibility index (Phi) is 9.04. The third kappa shape index (κ3) is 7.47. The van der Waals surface area contributed by atoms with Crippen LogP contribution >= 0.6 is 0 Å². The van der Waals surface area contributed by atoms with Gasteiger partial charge in [0.25, 0.3) is 5.91 Å². The van der Waals surface area contributed by atoms with E-state index >= 15 is 0 Å². The summed E-state index contributed by atoms with van der Waals surface area (Å²) in [5.74, 6) is -0.215. The minimum absolute atomic E-state index is 0.0785. The summed E-state index contributed by atoms with van der Waals surface area (Å²) in [5.41, 5.74) is 12.5. The number of nitrogens with one attached hydrogen (secondary N) is 1. The number of anilines is 1. The fourth-order valence-corrected chi connectivity index (χ4v) is 5.89. The van der Waals surface area contributed by atoms with Gasteiger partial charge in [0.1, 0.15) is 5.82 Å². The Bertz CT molecular complexity index is 1690. The van der Waals surface area contributed by atoms with Gasteiger partial charge in [-0.1, -0.05) is 42.5 Å². The fourth-order valence-electron chi connectivity index (χ4n) is 5.89. The van der Waals surface area contributed by atoms with Crippen LogP contribution in [0.5, 0.6) is 0 Å². The summed E-state index contributed by atoms with van der Waals surface area (Å²) in [6, 6.07) is 18.6. The Labute approximate surface area is 264 Å². The standard InChI is InChI=1S/C35H40N8O2/c1-40-14-16-42(17-15-40)22-26-6-9-27(10-7-26)28-5-3-4-25(18-28)8-11-33(44)43-13-12-31(24-43)39-35(45)32-19-29(20-37-34(32)36)30-21-38-41(2)23-30/h3-11,18-21,23,31H,12-17,22,24H2,1-2H3,(H2,36,37)(H,39,45)/b11-8+/t31-/m1/s1.